The number of anilines is 2. The Morgan fingerprint density at radius 1 is 1.50 bits per heavy atom. The van der Waals surface area contributed by atoms with Gasteiger partial charge in [0.25, 0.3) is 5.15 Å². The summed E-state index contributed by atoms with van der Waals surface area (Å²) in [6, 6.07) is 0. The standard InChI is InChI=1S/C6H8ClN5O2/c1-11(2)5-3(7)9-6(12(13)14)4(8)10-5/h1-2H3,(H2,8,10). The SMILES string of the molecule is CN(C)c1nc(N)c([N+](=O)[O-])nc1Cl. The van der Waals surface area contributed by atoms with Crippen LogP contribution >= 0.6 is 11.6 Å². The summed E-state index contributed by atoms with van der Waals surface area (Å²) in [5.74, 6) is -0.474. The molecule has 14 heavy (non-hydrogen) atoms. The first-order valence-corrected chi connectivity index (χ1v) is 3.96. The number of nitrogens with two attached hydrogens (primary N) is 1. The van der Waals surface area contributed by atoms with Crippen LogP contribution in [0.2, 0.25) is 5.15 Å². The molecule has 1 aromatic heterocycles. The molecule has 2 N–H and O–H groups in total. The highest BCUT2D eigenvalue weighted by molar-refractivity contribution is 6.31. The lowest BCUT2D eigenvalue weighted by Gasteiger charge is -2.10. The van der Waals surface area contributed by atoms with Gasteiger partial charge in [-0.25, -0.2) is 4.98 Å². The maximum absolute atomic E-state index is 10.4. The summed E-state index contributed by atoms with van der Waals surface area (Å²) < 4.78 is 0. The molecule has 0 atom stereocenters. The normalized spacial score (nSPS) is 9.93. The lowest BCUT2D eigenvalue weighted by atomic mass is 10.5. The molecule has 0 fully saturated rings. The van der Waals surface area contributed by atoms with Crippen LogP contribution in [0.1, 0.15) is 0 Å². The monoisotopic (exact) mass is 217 g/mol. The van der Waals surface area contributed by atoms with Gasteiger partial charge in [-0.05, 0) is 21.5 Å². The highest BCUT2D eigenvalue weighted by atomic mass is 35.5. The van der Waals surface area contributed by atoms with Gasteiger partial charge in [-0.15, -0.1) is 0 Å². The van der Waals surface area contributed by atoms with E-state index < -0.39 is 10.7 Å². The van der Waals surface area contributed by atoms with E-state index >= 15 is 0 Å². The second kappa shape index (κ2) is 3.62. The van der Waals surface area contributed by atoms with E-state index in [1.54, 1.807) is 19.0 Å². The molecule has 0 aliphatic rings. The van der Waals surface area contributed by atoms with Crippen LogP contribution in [0.4, 0.5) is 17.5 Å². The number of hydrogen-bond acceptors (Lipinski definition) is 6. The summed E-state index contributed by atoms with van der Waals surface area (Å²) >= 11 is 5.67. The van der Waals surface area contributed by atoms with E-state index in [1.807, 2.05) is 0 Å². The Bertz CT molecular complexity index is 381. The van der Waals surface area contributed by atoms with Gasteiger partial charge in [0, 0.05) is 14.1 Å². The van der Waals surface area contributed by atoms with E-state index in [-0.39, 0.29) is 11.0 Å². The maximum Gasteiger partial charge on any atom is 0.408 e. The van der Waals surface area contributed by atoms with Gasteiger partial charge in [-0.1, -0.05) is 0 Å². The third-order valence-electron chi connectivity index (χ3n) is 1.44. The lowest BCUT2D eigenvalue weighted by Crippen LogP contribution is -2.14. The summed E-state index contributed by atoms with van der Waals surface area (Å²) in [5, 5.41) is 10.4. The van der Waals surface area contributed by atoms with Crippen molar-refractivity contribution in [3.05, 3.63) is 15.3 Å². The van der Waals surface area contributed by atoms with Gasteiger partial charge in [-0.2, -0.15) is 0 Å². The Hall–Kier alpha value is -1.63. The van der Waals surface area contributed by atoms with Crippen molar-refractivity contribution >= 4 is 29.1 Å². The molecule has 0 amide bonds. The average Bonchev–Trinajstić information content (AvgIpc) is 2.07. The second-order valence-corrected chi connectivity index (χ2v) is 3.06. The quantitative estimate of drug-likeness (QED) is 0.578. The first-order valence-electron chi connectivity index (χ1n) is 3.58. The Morgan fingerprint density at radius 2 is 2.07 bits per heavy atom. The van der Waals surface area contributed by atoms with E-state index in [1.165, 1.54) is 0 Å². The number of nitrogens with zero attached hydrogens (tertiary/aromatic N) is 4. The molecule has 0 radical (unpaired) electrons. The zero-order chi connectivity index (χ0) is 10.9. The minimum Gasteiger partial charge on any atom is -0.377 e. The number of rotatable bonds is 2. The number of nitrogen functional groups attached to an aromatic ring is 1. The second-order valence-electron chi connectivity index (χ2n) is 2.70. The minimum absolute atomic E-state index is 0.0455. The Balaban J connectivity index is 3.31. The van der Waals surface area contributed by atoms with Gasteiger partial charge in [-0.3, -0.25) is 0 Å². The third kappa shape index (κ3) is 1.82. The summed E-state index contributed by atoms with van der Waals surface area (Å²) in [5.41, 5.74) is 5.33. The summed E-state index contributed by atoms with van der Waals surface area (Å²) in [7, 11) is 3.36. The predicted octanol–water partition coefficient (Wildman–Crippen LogP) is 0.686. The number of aromatic nitrogens is 2. The predicted molar refractivity (Wildman–Crippen MR) is 52.4 cm³/mol. The Kier molecular flexibility index (Phi) is 2.70. The molecular weight excluding hydrogens is 210 g/mol. The Morgan fingerprint density at radius 3 is 2.50 bits per heavy atom. The topological polar surface area (TPSA) is 98.2 Å². The van der Waals surface area contributed by atoms with E-state index in [2.05, 4.69) is 9.97 Å². The zero-order valence-electron chi connectivity index (χ0n) is 7.56. The van der Waals surface area contributed by atoms with Gasteiger partial charge in [0.1, 0.15) is 0 Å². The van der Waals surface area contributed by atoms with Crippen LogP contribution in [-0.4, -0.2) is 29.0 Å². The van der Waals surface area contributed by atoms with E-state index in [0.29, 0.717) is 5.82 Å². The van der Waals surface area contributed by atoms with Crippen LogP contribution in [-0.2, 0) is 0 Å². The molecule has 0 aliphatic carbocycles. The molecule has 1 rings (SSSR count). The summed E-state index contributed by atoms with van der Waals surface area (Å²) in [4.78, 5) is 18.5. The number of nitro groups is 1. The first kappa shape index (κ1) is 10.5. The Labute approximate surface area is 84.7 Å². The fourth-order valence-electron chi connectivity index (χ4n) is 0.829. The molecule has 1 aromatic rings. The highest BCUT2D eigenvalue weighted by Crippen LogP contribution is 2.26. The van der Waals surface area contributed by atoms with Crippen molar-refractivity contribution in [3.63, 3.8) is 0 Å². The van der Waals surface area contributed by atoms with Crippen LogP contribution < -0.4 is 10.6 Å². The van der Waals surface area contributed by atoms with Crippen molar-refractivity contribution in [2.45, 2.75) is 0 Å². The number of halogens is 1. The van der Waals surface area contributed by atoms with Gasteiger partial charge < -0.3 is 20.7 Å². The third-order valence-corrected chi connectivity index (χ3v) is 1.69. The van der Waals surface area contributed by atoms with E-state index in [4.69, 9.17) is 17.3 Å². The summed E-state index contributed by atoms with van der Waals surface area (Å²) in [6.07, 6.45) is 0. The maximum atomic E-state index is 10.4. The van der Waals surface area contributed by atoms with Gasteiger partial charge in [0.15, 0.2) is 5.82 Å². The molecule has 1 heterocycles. The van der Waals surface area contributed by atoms with Crippen molar-refractivity contribution in [2.75, 3.05) is 24.7 Å². The summed E-state index contributed by atoms with van der Waals surface area (Å²) in [6.45, 7) is 0. The molecule has 0 spiro atoms. The van der Waals surface area contributed by atoms with Gasteiger partial charge >= 0.3 is 5.82 Å². The molecule has 0 unspecified atom stereocenters. The molecule has 0 bridgehead atoms. The molecule has 8 heteroatoms. The van der Waals surface area contributed by atoms with Crippen molar-refractivity contribution in [3.8, 4) is 0 Å². The average molecular weight is 218 g/mol. The molecule has 0 aliphatic heterocycles. The van der Waals surface area contributed by atoms with Crippen LogP contribution in [0, 0.1) is 10.1 Å². The van der Waals surface area contributed by atoms with Crippen LogP contribution in [0.5, 0.6) is 0 Å². The zero-order valence-corrected chi connectivity index (χ0v) is 8.32. The molecule has 7 nitrogen and oxygen atoms in total. The molecule has 0 saturated carbocycles. The smallest absolute Gasteiger partial charge is 0.377 e. The number of hydrogen-bond donors (Lipinski definition) is 1. The molecule has 0 saturated heterocycles. The van der Waals surface area contributed by atoms with Gasteiger partial charge in [0.05, 0.1) is 0 Å². The molecular formula is C6H8ClN5O2. The lowest BCUT2D eigenvalue weighted by molar-refractivity contribution is -0.388. The van der Waals surface area contributed by atoms with Crippen LogP contribution in [0.25, 0.3) is 0 Å². The highest BCUT2D eigenvalue weighted by Gasteiger charge is 2.21. The van der Waals surface area contributed by atoms with Crippen molar-refractivity contribution in [1.82, 2.24) is 9.97 Å². The van der Waals surface area contributed by atoms with Crippen LogP contribution in [0.3, 0.4) is 0 Å². The van der Waals surface area contributed by atoms with Crippen molar-refractivity contribution in [2.24, 2.45) is 0 Å². The fourth-order valence-corrected chi connectivity index (χ4v) is 1.12. The first-order chi connectivity index (χ1) is 6.43. The molecule has 76 valence electrons. The minimum atomic E-state index is -0.729. The van der Waals surface area contributed by atoms with Crippen LogP contribution in [0.15, 0.2) is 0 Å². The van der Waals surface area contributed by atoms with Gasteiger partial charge in [0.2, 0.25) is 5.82 Å². The fraction of sp³-hybridized carbons (Fsp3) is 0.333. The largest absolute Gasteiger partial charge is 0.408 e. The van der Waals surface area contributed by atoms with E-state index in [9.17, 15) is 10.1 Å². The molecule has 0 aromatic carbocycles. The van der Waals surface area contributed by atoms with Crippen molar-refractivity contribution < 1.29 is 4.92 Å². The van der Waals surface area contributed by atoms with E-state index in [0.717, 1.165) is 0 Å². The van der Waals surface area contributed by atoms with Crippen molar-refractivity contribution in [1.29, 1.82) is 0 Å².